The van der Waals surface area contributed by atoms with E-state index in [0.29, 0.717) is 16.9 Å². The minimum Gasteiger partial charge on any atom is -0.307 e. The van der Waals surface area contributed by atoms with Gasteiger partial charge < -0.3 is 4.90 Å². The summed E-state index contributed by atoms with van der Waals surface area (Å²) in [5.74, 6) is -1.10. The van der Waals surface area contributed by atoms with Gasteiger partial charge in [0, 0.05) is 18.8 Å². The first-order valence-corrected chi connectivity index (χ1v) is 8.79. The number of fused-ring (bicyclic) bond motifs is 1. The molecule has 0 fully saturated rings. The van der Waals surface area contributed by atoms with Crippen molar-refractivity contribution in [3.8, 4) is 11.3 Å². The minimum atomic E-state index is -4.43. The van der Waals surface area contributed by atoms with Crippen LogP contribution in [0.5, 0.6) is 0 Å². The highest BCUT2D eigenvalue weighted by Crippen LogP contribution is 2.31. The van der Waals surface area contributed by atoms with Gasteiger partial charge in [0.2, 0.25) is 0 Å². The average molecular weight is 414 g/mol. The lowest BCUT2D eigenvalue weighted by Crippen LogP contribution is -2.28. The van der Waals surface area contributed by atoms with Crippen molar-refractivity contribution in [3.63, 3.8) is 0 Å². The number of aromatic nitrogens is 3. The molecule has 0 saturated heterocycles. The van der Waals surface area contributed by atoms with E-state index in [9.17, 15) is 22.4 Å². The van der Waals surface area contributed by atoms with Crippen LogP contribution in [0.4, 0.5) is 23.2 Å². The summed E-state index contributed by atoms with van der Waals surface area (Å²) in [7, 11) is 1.43. The molecule has 0 saturated carbocycles. The maximum absolute atomic E-state index is 14.0. The number of rotatable bonds is 3. The molecule has 0 bridgehead atoms. The summed E-state index contributed by atoms with van der Waals surface area (Å²) in [5.41, 5.74) is 0.753. The molecule has 1 amide bonds. The summed E-state index contributed by atoms with van der Waals surface area (Å²) in [4.78, 5) is 22.2. The van der Waals surface area contributed by atoms with Crippen LogP contribution in [0, 0.1) is 5.82 Å². The van der Waals surface area contributed by atoms with Crippen molar-refractivity contribution in [3.05, 3.63) is 84.2 Å². The Labute approximate surface area is 168 Å². The first-order valence-electron chi connectivity index (χ1n) is 8.79. The van der Waals surface area contributed by atoms with E-state index < -0.39 is 23.5 Å². The topological polar surface area (TPSA) is 50.5 Å². The van der Waals surface area contributed by atoms with Crippen molar-refractivity contribution in [2.24, 2.45) is 0 Å². The van der Waals surface area contributed by atoms with Gasteiger partial charge in [-0.05, 0) is 24.3 Å². The molecule has 4 aromatic rings. The third kappa shape index (κ3) is 3.49. The second kappa shape index (κ2) is 7.25. The second-order valence-electron chi connectivity index (χ2n) is 6.53. The molecule has 2 aromatic carbocycles. The highest BCUT2D eigenvalue weighted by molar-refractivity contribution is 6.04. The summed E-state index contributed by atoms with van der Waals surface area (Å²) < 4.78 is 54.0. The van der Waals surface area contributed by atoms with E-state index >= 15 is 0 Å². The van der Waals surface area contributed by atoms with Gasteiger partial charge in [0.1, 0.15) is 11.5 Å². The van der Waals surface area contributed by atoms with Crippen LogP contribution in [0.1, 0.15) is 16.1 Å². The van der Waals surface area contributed by atoms with Crippen LogP contribution in [0.3, 0.4) is 0 Å². The Morgan fingerprint density at radius 2 is 1.70 bits per heavy atom. The molecule has 0 spiro atoms. The molecule has 2 aromatic heterocycles. The molecule has 152 valence electrons. The van der Waals surface area contributed by atoms with Gasteiger partial charge in [-0.25, -0.2) is 14.4 Å². The van der Waals surface area contributed by atoms with Crippen molar-refractivity contribution in [1.29, 1.82) is 0 Å². The molecule has 0 unspecified atom stereocenters. The lowest BCUT2D eigenvalue weighted by molar-refractivity contribution is -0.137. The molecule has 0 atom stereocenters. The fourth-order valence-corrected chi connectivity index (χ4v) is 3.05. The number of carbonyl (C=O) groups is 1. The quantitative estimate of drug-likeness (QED) is 0.451. The van der Waals surface area contributed by atoms with Crippen LogP contribution in [0.25, 0.3) is 16.9 Å². The van der Waals surface area contributed by atoms with Crippen LogP contribution in [0.2, 0.25) is 0 Å². The van der Waals surface area contributed by atoms with Gasteiger partial charge in [0.15, 0.2) is 5.65 Å². The van der Waals surface area contributed by atoms with Gasteiger partial charge in [-0.2, -0.15) is 13.2 Å². The maximum atomic E-state index is 14.0. The first kappa shape index (κ1) is 19.6. The van der Waals surface area contributed by atoms with Crippen molar-refractivity contribution >= 4 is 17.2 Å². The lowest BCUT2D eigenvalue weighted by Gasteiger charge is -2.17. The third-order valence-corrected chi connectivity index (χ3v) is 4.64. The average Bonchev–Trinajstić information content (AvgIpc) is 3.16. The Hall–Kier alpha value is -3.75. The van der Waals surface area contributed by atoms with E-state index in [4.69, 9.17) is 0 Å². The monoisotopic (exact) mass is 414 g/mol. The molecule has 2 heterocycles. The Morgan fingerprint density at radius 3 is 2.37 bits per heavy atom. The number of benzene rings is 2. The molecule has 0 aliphatic carbocycles. The van der Waals surface area contributed by atoms with E-state index in [1.807, 2.05) is 0 Å². The molecular formula is C21H14F4N4O. The normalized spacial score (nSPS) is 11.6. The van der Waals surface area contributed by atoms with Gasteiger partial charge in [0.25, 0.3) is 5.91 Å². The van der Waals surface area contributed by atoms with E-state index in [2.05, 4.69) is 9.97 Å². The molecule has 0 aliphatic rings. The molecule has 0 radical (unpaired) electrons. The van der Waals surface area contributed by atoms with Gasteiger partial charge in [0.05, 0.1) is 29.3 Å². The molecular weight excluding hydrogens is 400 g/mol. The van der Waals surface area contributed by atoms with Crippen molar-refractivity contribution < 1.29 is 22.4 Å². The summed E-state index contributed by atoms with van der Waals surface area (Å²) in [6, 6.07) is 10.5. The third-order valence-electron chi connectivity index (χ3n) is 4.64. The highest BCUT2D eigenvalue weighted by Gasteiger charge is 2.30. The lowest BCUT2D eigenvalue weighted by atomic mass is 10.1. The first-order chi connectivity index (χ1) is 14.3. The highest BCUT2D eigenvalue weighted by atomic mass is 19.4. The molecule has 30 heavy (non-hydrogen) atoms. The fraction of sp³-hybridized carbons (Fsp3) is 0.0952. The predicted molar refractivity (Wildman–Crippen MR) is 103 cm³/mol. The number of para-hydroxylation sites is 1. The fourth-order valence-electron chi connectivity index (χ4n) is 3.05. The zero-order valence-electron chi connectivity index (χ0n) is 15.6. The van der Waals surface area contributed by atoms with E-state index in [1.165, 1.54) is 56.0 Å². The second-order valence-corrected chi connectivity index (χ2v) is 6.53. The largest absolute Gasteiger partial charge is 0.416 e. The number of hydrogen-bond donors (Lipinski definition) is 0. The molecule has 0 aliphatic heterocycles. The van der Waals surface area contributed by atoms with Crippen LogP contribution < -0.4 is 4.90 Å². The smallest absolute Gasteiger partial charge is 0.307 e. The van der Waals surface area contributed by atoms with E-state index in [-0.39, 0.29) is 11.4 Å². The summed E-state index contributed by atoms with van der Waals surface area (Å²) in [6.07, 6.45) is -0.154. The maximum Gasteiger partial charge on any atom is 0.416 e. The van der Waals surface area contributed by atoms with Crippen LogP contribution in [-0.2, 0) is 6.18 Å². The van der Waals surface area contributed by atoms with Gasteiger partial charge in [-0.15, -0.1) is 0 Å². The summed E-state index contributed by atoms with van der Waals surface area (Å²) >= 11 is 0. The number of alkyl halides is 3. The summed E-state index contributed by atoms with van der Waals surface area (Å²) in [6.45, 7) is 0. The number of nitrogens with zero attached hydrogens (tertiary/aromatic N) is 4. The number of amides is 1. The number of carbonyl (C=O) groups excluding carboxylic acids is 1. The van der Waals surface area contributed by atoms with Gasteiger partial charge in [-0.1, -0.05) is 24.3 Å². The Bertz CT molecular complexity index is 1230. The van der Waals surface area contributed by atoms with Gasteiger partial charge >= 0.3 is 6.18 Å². The Balaban J connectivity index is 1.71. The van der Waals surface area contributed by atoms with Crippen molar-refractivity contribution in [2.45, 2.75) is 6.18 Å². The van der Waals surface area contributed by atoms with Crippen molar-refractivity contribution in [2.75, 3.05) is 11.9 Å². The summed E-state index contributed by atoms with van der Waals surface area (Å²) in [5, 5.41) is 0. The molecule has 4 rings (SSSR count). The van der Waals surface area contributed by atoms with Gasteiger partial charge in [-0.3, -0.25) is 9.20 Å². The number of imidazole rings is 1. The SMILES string of the molecule is CN(C(=O)c1cn2c(-c3ccc(C(F)(F)F)cc3)cnc2cn1)c1ccccc1F. The standard InChI is InChI=1S/C21H14F4N4O/c1-28(17-5-3-2-4-15(17)22)20(30)16-12-29-18(10-27-19(29)11-26-16)13-6-8-14(9-7-13)21(23,24)25/h2-12H,1H3. The minimum absolute atomic E-state index is 0.0272. The number of anilines is 1. The van der Waals surface area contributed by atoms with E-state index in [0.717, 1.165) is 17.0 Å². The predicted octanol–water partition coefficient (Wildman–Crippen LogP) is 4.83. The van der Waals surface area contributed by atoms with Crippen LogP contribution in [0.15, 0.2) is 67.1 Å². The van der Waals surface area contributed by atoms with Crippen molar-refractivity contribution in [1.82, 2.24) is 14.4 Å². The number of hydrogen-bond acceptors (Lipinski definition) is 3. The zero-order valence-corrected chi connectivity index (χ0v) is 15.6. The number of halogens is 4. The Kier molecular flexibility index (Phi) is 4.73. The molecule has 9 heteroatoms. The molecule has 5 nitrogen and oxygen atoms in total. The Morgan fingerprint density at radius 1 is 1.00 bits per heavy atom. The van der Waals surface area contributed by atoms with Crippen LogP contribution >= 0.6 is 0 Å². The van der Waals surface area contributed by atoms with E-state index in [1.54, 1.807) is 10.5 Å². The zero-order chi connectivity index (χ0) is 21.5. The molecule has 0 N–H and O–H groups in total. The van der Waals surface area contributed by atoms with Crippen LogP contribution in [-0.4, -0.2) is 27.3 Å².